The van der Waals surface area contributed by atoms with Gasteiger partial charge in [-0.15, -0.1) is 0 Å². The Morgan fingerprint density at radius 3 is 2.75 bits per heavy atom. The Kier molecular flexibility index (Phi) is 6.27. The lowest BCUT2D eigenvalue weighted by atomic mass is 10.8. The van der Waals surface area contributed by atoms with Gasteiger partial charge in [0.15, 0.2) is 0 Å². The Hall–Kier alpha value is 0.660. The predicted molar refractivity (Wildman–Crippen MR) is 36.0 cm³/mol. The zero-order valence-electron chi connectivity index (χ0n) is 4.57. The van der Waals surface area contributed by atoms with Crippen LogP contribution in [0.4, 0.5) is 0 Å². The van der Waals surface area contributed by atoms with Crippen molar-refractivity contribution >= 4 is 19.8 Å². The molecule has 0 heterocycles. The van der Waals surface area contributed by atoms with E-state index in [1.165, 1.54) is 7.11 Å². The molecular formula is C3H9O3PS. The van der Waals surface area contributed by atoms with Crippen molar-refractivity contribution in [2.45, 2.75) is 0 Å². The molecule has 50 valence electrons. The molecular weight excluding hydrogens is 147 g/mol. The Balaban J connectivity index is 2.86. The third-order valence-electron chi connectivity index (χ3n) is 0.449. The van der Waals surface area contributed by atoms with Gasteiger partial charge < -0.3 is 14.2 Å². The predicted octanol–water partition coefficient (Wildman–Crippen LogP) is 0.798. The van der Waals surface area contributed by atoms with Gasteiger partial charge in [-0.05, 0) is 0 Å². The molecule has 1 N–H and O–H groups in total. The molecule has 0 aliphatic rings. The summed E-state index contributed by atoms with van der Waals surface area (Å²) in [6.45, 7) is 0.311. The van der Waals surface area contributed by atoms with E-state index in [0.29, 0.717) is 6.61 Å². The number of hydrogen-bond acceptors (Lipinski definition) is 4. The molecule has 0 saturated carbocycles. The van der Waals surface area contributed by atoms with Crippen molar-refractivity contribution in [3.05, 3.63) is 0 Å². The van der Waals surface area contributed by atoms with Gasteiger partial charge in [-0.1, -0.05) is 12.2 Å². The molecule has 0 aromatic carbocycles. The van der Waals surface area contributed by atoms with E-state index in [0.717, 1.165) is 0 Å². The Bertz CT molecular complexity index is 53.8. The zero-order chi connectivity index (χ0) is 6.41. The lowest BCUT2D eigenvalue weighted by Gasteiger charge is -2.05. The summed E-state index contributed by atoms with van der Waals surface area (Å²) in [4.78, 5) is 0. The highest BCUT2D eigenvalue weighted by molar-refractivity contribution is 8.41. The SMILES string of the molecule is COP(S)OCCO. The average Bonchev–Trinajstić information content (AvgIpc) is 1.83. The van der Waals surface area contributed by atoms with Crippen LogP contribution in [0, 0.1) is 0 Å². The third kappa shape index (κ3) is 4.81. The smallest absolute Gasteiger partial charge is 0.234 e. The maximum atomic E-state index is 8.21. The van der Waals surface area contributed by atoms with Gasteiger partial charge in [0.05, 0.1) is 13.2 Å². The monoisotopic (exact) mass is 156 g/mol. The van der Waals surface area contributed by atoms with Crippen molar-refractivity contribution in [3.63, 3.8) is 0 Å². The number of aliphatic hydroxyl groups excluding tert-OH is 1. The van der Waals surface area contributed by atoms with Crippen molar-refractivity contribution in [1.82, 2.24) is 0 Å². The van der Waals surface area contributed by atoms with Gasteiger partial charge in [0.2, 0.25) is 7.58 Å². The van der Waals surface area contributed by atoms with E-state index in [9.17, 15) is 0 Å². The van der Waals surface area contributed by atoms with E-state index in [1.807, 2.05) is 0 Å². The second-order valence-electron chi connectivity index (χ2n) is 0.977. The van der Waals surface area contributed by atoms with Crippen LogP contribution in [0.2, 0.25) is 0 Å². The molecule has 0 fully saturated rings. The van der Waals surface area contributed by atoms with Gasteiger partial charge in [0, 0.05) is 7.11 Å². The standard InChI is InChI=1S/C3H9O3PS/c1-5-7(8)6-3-2-4/h4,8H,2-3H2,1H3. The van der Waals surface area contributed by atoms with Crippen LogP contribution in [-0.2, 0) is 9.05 Å². The molecule has 0 bridgehead atoms. The van der Waals surface area contributed by atoms with Crippen LogP contribution in [0.1, 0.15) is 0 Å². The molecule has 0 radical (unpaired) electrons. The summed E-state index contributed by atoms with van der Waals surface area (Å²) in [7, 11) is 0.460. The van der Waals surface area contributed by atoms with Crippen LogP contribution in [0.3, 0.4) is 0 Å². The van der Waals surface area contributed by atoms with Crippen molar-refractivity contribution < 1.29 is 14.2 Å². The molecule has 0 aliphatic heterocycles. The quantitative estimate of drug-likeness (QED) is 0.467. The van der Waals surface area contributed by atoms with Crippen molar-refractivity contribution in [1.29, 1.82) is 0 Å². The van der Waals surface area contributed by atoms with Gasteiger partial charge >= 0.3 is 0 Å². The fourth-order valence-electron chi connectivity index (χ4n) is 0.172. The summed E-state index contributed by atoms with van der Waals surface area (Å²) in [5, 5.41) is 8.21. The largest absolute Gasteiger partial charge is 0.394 e. The number of hydrogen-bond donors (Lipinski definition) is 2. The fourth-order valence-corrected chi connectivity index (χ4v) is 0.760. The molecule has 0 aliphatic carbocycles. The number of aliphatic hydroxyl groups is 1. The molecule has 5 heteroatoms. The van der Waals surface area contributed by atoms with Crippen molar-refractivity contribution in [2.24, 2.45) is 0 Å². The van der Waals surface area contributed by atoms with Crippen LogP contribution in [0.25, 0.3) is 0 Å². The minimum atomic E-state index is -1.05. The van der Waals surface area contributed by atoms with Crippen LogP contribution in [0.15, 0.2) is 0 Å². The van der Waals surface area contributed by atoms with Crippen LogP contribution in [-0.4, -0.2) is 25.4 Å². The van der Waals surface area contributed by atoms with E-state index in [4.69, 9.17) is 9.63 Å². The molecule has 0 aromatic heterocycles. The number of thiol groups is 1. The molecule has 3 nitrogen and oxygen atoms in total. The van der Waals surface area contributed by atoms with Gasteiger partial charge in [-0.3, -0.25) is 0 Å². The Labute approximate surface area is 55.1 Å². The average molecular weight is 156 g/mol. The Morgan fingerprint density at radius 2 is 2.38 bits per heavy atom. The molecule has 0 saturated heterocycles. The van der Waals surface area contributed by atoms with Gasteiger partial charge in [-0.2, -0.15) is 0 Å². The Morgan fingerprint density at radius 1 is 1.75 bits per heavy atom. The van der Waals surface area contributed by atoms with Crippen LogP contribution in [0.5, 0.6) is 0 Å². The van der Waals surface area contributed by atoms with Crippen LogP contribution >= 0.6 is 19.8 Å². The number of rotatable bonds is 4. The summed E-state index contributed by atoms with van der Waals surface area (Å²) >= 11 is 3.87. The molecule has 8 heavy (non-hydrogen) atoms. The highest BCUT2D eigenvalue weighted by Crippen LogP contribution is 2.41. The highest BCUT2D eigenvalue weighted by Gasteiger charge is 1.97. The van der Waals surface area contributed by atoms with Crippen molar-refractivity contribution in [3.8, 4) is 0 Å². The van der Waals surface area contributed by atoms with Gasteiger partial charge in [0.1, 0.15) is 0 Å². The lowest BCUT2D eigenvalue weighted by Crippen LogP contribution is -1.92. The minimum Gasteiger partial charge on any atom is -0.394 e. The molecule has 0 rings (SSSR count). The maximum Gasteiger partial charge on any atom is 0.234 e. The molecule has 1 unspecified atom stereocenters. The first-order chi connectivity index (χ1) is 3.81. The van der Waals surface area contributed by atoms with Gasteiger partial charge in [0.25, 0.3) is 0 Å². The summed E-state index contributed by atoms with van der Waals surface area (Å²) in [6.07, 6.45) is 0. The first-order valence-corrected chi connectivity index (χ1v) is 4.41. The second-order valence-corrected chi connectivity index (χ2v) is 3.06. The topological polar surface area (TPSA) is 38.7 Å². The van der Waals surface area contributed by atoms with Crippen LogP contribution < -0.4 is 0 Å². The summed E-state index contributed by atoms with van der Waals surface area (Å²) < 4.78 is 9.44. The first-order valence-electron chi connectivity index (χ1n) is 2.08. The molecule has 1 atom stereocenters. The molecule has 0 aromatic rings. The normalized spacial score (nSPS) is 13.9. The van der Waals surface area contributed by atoms with E-state index in [2.05, 4.69) is 16.8 Å². The highest BCUT2D eigenvalue weighted by atomic mass is 32.7. The summed E-state index contributed by atoms with van der Waals surface area (Å²) in [6, 6.07) is 0. The lowest BCUT2D eigenvalue weighted by molar-refractivity contribution is 0.200. The third-order valence-corrected chi connectivity index (χ3v) is 2.00. The molecule has 0 amide bonds. The molecule has 0 spiro atoms. The van der Waals surface area contributed by atoms with E-state index in [1.54, 1.807) is 0 Å². The maximum absolute atomic E-state index is 8.21. The van der Waals surface area contributed by atoms with E-state index >= 15 is 0 Å². The fraction of sp³-hybridized carbons (Fsp3) is 1.00. The zero-order valence-corrected chi connectivity index (χ0v) is 6.36. The minimum absolute atomic E-state index is 0.0166. The van der Waals surface area contributed by atoms with Crippen molar-refractivity contribution in [2.75, 3.05) is 20.3 Å². The van der Waals surface area contributed by atoms with E-state index < -0.39 is 7.58 Å². The summed E-state index contributed by atoms with van der Waals surface area (Å²) in [5.74, 6) is 0. The second kappa shape index (κ2) is 5.79. The van der Waals surface area contributed by atoms with E-state index in [-0.39, 0.29) is 6.61 Å². The summed E-state index contributed by atoms with van der Waals surface area (Å²) in [5.41, 5.74) is 0. The van der Waals surface area contributed by atoms with Gasteiger partial charge in [-0.25, -0.2) is 0 Å². The first kappa shape index (κ1) is 8.66.